The van der Waals surface area contributed by atoms with Crippen molar-refractivity contribution in [2.75, 3.05) is 4.90 Å². The van der Waals surface area contributed by atoms with Gasteiger partial charge in [0.1, 0.15) is 19.2 Å². The summed E-state index contributed by atoms with van der Waals surface area (Å²) in [6, 6.07) is 59.2. The van der Waals surface area contributed by atoms with E-state index >= 15 is 0 Å². The number of hydrogen-bond acceptors (Lipinski definition) is 2. The van der Waals surface area contributed by atoms with E-state index in [1.54, 1.807) is 0 Å². The summed E-state index contributed by atoms with van der Waals surface area (Å²) in [5, 5.41) is 5.27. The van der Waals surface area contributed by atoms with Crippen molar-refractivity contribution in [3.05, 3.63) is 164 Å². The van der Waals surface area contributed by atoms with Gasteiger partial charge in [-0.05, 0) is 80.7 Å². The van der Waals surface area contributed by atoms with Gasteiger partial charge in [0, 0.05) is 33.4 Å². The number of rotatable bonds is 5. The van der Waals surface area contributed by atoms with Gasteiger partial charge in [-0.15, -0.1) is 0 Å². The zero-order valence-corrected chi connectivity index (χ0v) is 27.4. The van der Waals surface area contributed by atoms with Gasteiger partial charge < -0.3 is 9.32 Å². The third kappa shape index (κ3) is 4.46. The van der Waals surface area contributed by atoms with Gasteiger partial charge in [0.25, 0.3) is 0 Å². The van der Waals surface area contributed by atoms with Crippen LogP contribution in [0, 0.1) is 0 Å². The summed E-state index contributed by atoms with van der Waals surface area (Å²) in [7, 11) is -1.93. The lowest BCUT2D eigenvalue weighted by Crippen LogP contribution is -2.49. The summed E-state index contributed by atoms with van der Waals surface area (Å²) in [5.41, 5.74) is 12.7. The summed E-state index contributed by atoms with van der Waals surface area (Å²) in [5.74, 6) is 0. The van der Waals surface area contributed by atoms with Crippen molar-refractivity contribution in [3.63, 3.8) is 0 Å². The molecule has 224 valence electrons. The van der Waals surface area contributed by atoms with Crippen molar-refractivity contribution in [2.24, 2.45) is 0 Å². The van der Waals surface area contributed by atoms with Crippen LogP contribution >= 0.6 is 0 Å². The van der Waals surface area contributed by atoms with E-state index in [1.807, 2.05) is 0 Å². The highest BCUT2D eigenvalue weighted by Crippen LogP contribution is 2.43. The average Bonchev–Trinajstić information content (AvgIpc) is 3.62. The third-order valence-electron chi connectivity index (χ3n) is 9.89. The summed E-state index contributed by atoms with van der Waals surface area (Å²) >= 11 is 0. The number of fused-ring (bicyclic) bond motifs is 7. The van der Waals surface area contributed by atoms with Gasteiger partial charge in [0.2, 0.25) is 0 Å². The number of anilines is 3. The van der Waals surface area contributed by atoms with E-state index in [2.05, 4.69) is 182 Å². The first kappa shape index (κ1) is 27.6. The number of para-hydroxylation sites is 1. The molecule has 0 aliphatic carbocycles. The SMILES string of the molecule is C[Si]1(C)c2ccc(N(c3ccc(-c4ccccc4)cc3)c3ccc(-c4ccccc4)cc3)cc2-c2c1ccc1c2oc2ccccc21. The van der Waals surface area contributed by atoms with Crippen LogP contribution < -0.4 is 15.3 Å². The van der Waals surface area contributed by atoms with Crippen molar-refractivity contribution in [3.8, 4) is 33.4 Å². The largest absolute Gasteiger partial charge is 0.455 e. The average molecular weight is 620 g/mol. The van der Waals surface area contributed by atoms with Crippen LogP contribution in [-0.4, -0.2) is 8.07 Å². The molecule has 2 heterocycles. The molecular formula is C44H33NOSi. The Morgan fingerprint density at radius 3 is 1.57 bits per heavy atom. The lowest BCUT2D eigenvalue weighted by molar-refractivity contribution is 0.670. The normalized spacial score (nSPS) is 13.1. The fourth-order valence-corrected chi connectivity index (χ4v) is 10.5. The Hall–Kier alpha value is -5.64. The van der Waals surface area contributed by atoms with Gasteiger partial charge in [-0.3, -0.25) is 0 Å². The lowest BCUT2D eigenvalue weighted by atomic mass is 10.0. The van der Waals surface area contributed by atoms with Crippen LogP contribution in [0.25, 0.3) is 55.3 Å². The van der Waals surface area contributed by atoms with Crippen LogP contribution in [0.4, 0.5) is 17.1 Å². The molecule has 1 aliphatic heterocycles. The second-order valence-electron chi connectivity index (χ2n) is 13.0. The first-order valence-electron chi connectivity index (χ1n) is 16.3. The molecule has 0 saturated carbocycles. The molecule has 0 bridgehead atoms. The Kier molecular flexibility index (Phi) is 6.31. The molecule has 2 nitrogen and oxygen atoms in total. The lowest BCUT2D eigenvalue weighted by Gasteiger charge is -2.27. The molecule has 3 heteroatoms. The molecule has 0 spiro atoms. The van der Waals surface area contributed by atoms with Crippen LogP contribution in [0.5, 0.6) is 0 Å². The quantitative estimate of drug-likeness (QED) is 0.178. The molecule has 1 aliphatic rings. The van der Waals surface area contributed by atoms with Crippen molar-refractivity contribution in [1.82, 2.24) is 0 Å². The highest BCUT2D eigenvalue weighted by atomic mass is 28.3. The van der Waals surface area contributed by atoms with E-state index in [4.69, 9.17) is 4.42 Å². The van der Waals surface area contributed by atoms with Crippen molar-refractivity contribution in [1.29, 1.82) is 0 Å². The number of hydrogen-bond donors (Lipinski definition) is 0. The fraction of sp³-hybridized carbons (Fsp3) is 0.0455. The van der Waals surface area contributed by atoms with E-state index < -0.39 is 8.07 Å². The number of furan rings is 1. The minimum atomic E-state index is -1.93. The molecule has 0 saturated heterocycles. The van der Waals surface area contributed by atoms with Crippen molar-refractivity contribution < 1.29 is 4.42 Å². The Labute approximate surface area is 276 Å². The maximum atomic E-state index is 6.63. The molecule has 0 radical (unpaired) electrons. The molecule has 0 atom stereocenters. The van der Waals surface area contributed by atoms with Crippen LogP contribution in [-0.2, 0) is 0 Å². The van der Waals surface area contributed by atoms with E-state index in [0.29, 0.717) is 0 Å². The van der Waals surface area contributed by atoms with Crippen LogP contribution in [0.3, 0.4) is 0 Å². The van der Waals surface area contributed by atoms with Crippen LogP contribution in [0.2, 0.25) is 13.1 Å². The fourth-order valence-electron chi connectivity index (χ4n) is 7.46. The zero-order chi connectivity index (χ0) is 31.5. The van der Waals surface area contributed by atoms with E-state index in [0.717, 1.165) is 28.2 Å². The van der Waals surface area contributed by atoms with Gasteiger partial charge in [0.05, 0.1) is 0 Å². The second kappa shape index (κ2) is 10.7. The summed E-state index contributed by atoms with van der Waals surface area (Å²) in [6.07, 6.45) is 0. The monoisotopic (exact) mass is 619 g/mol. The molecule has 9 rings (SSSR count). The Morgan fingerprint density at radius 1 is 0.447 bits per heavy atom. The smallest absolute Gasteiger partial charge is 0.143 e. The topological polar surface area (TPSA) is 16.4 Å². The molecule has 0 amide bonds. The predicted octanol–water partition coefficient (Wildman–Crippen LogP) is 11.2. The zero-order valence-electron chi connectivity index (χ0n) is 26.4. The molecule has 0 N–H and O–H groups in total. The number of benzene rings is 7. The number of nitrogens with zero attached hydrogens (tertiary/aromatic N) is 1. The molecule has 0 unspecified atom stereocenters. The van der Waals surface area contributed by atoms with Crippen LogP contribution in [0.1, 0.15) is 0 Å². The maximum absolute atomic E-state index is 6.63. The van der Waals surface area contributed by atoms with Crippen LogP contribution in [0.15, 0.2) is 168 Å². The molecule has 1 aromatic heterocycles. The predicted molar refractivity (Wildman–Crippen MR) is 201 cm³/mol. The first-order valence-corrected chi connectivity index (χ1v) is 19.3. The molecule has 8 aromatic rings. The minimum Gasteiger partial charge on any atom is -0.455 e. The van der Waals surface area contributed by atoms with Crippen molar-refractivity contribution >= 4 is 57.4 Å². The van der Waals surface area contributed by atoms with Gasteiger partial charge >= 0.3 is 0 Å². The van der Waals surface area contributed by atoms with Gasteiger partial charge in [-0.2, -0.15) is 0 Å². The second-order valence-corrected chi connectivity index (χ2v) is 17.3. The molecule has 7 aromatic carbocycles. The summed E-state index contributed by atoms with van der Waals surface area (Å²) in [6.45, 7) is 4.93. The van der Waals surface area contributed by atoms with E-state index in [-0.39, 0.29) is 0 Å². The summed E-state index contributed by atoms with van der Waals surface area (Å²) in [4.78, 5) is 2.38. The molecular weight excluding hydrogens is 587 g/mol. The first-order chi connectivity index (χ1) is 23.1. The standard InChI is InChI=1S/C44H33NOSi/c1-47(2)41-27-25-36(29-39(41)43-42(47)28-26-38-37-15-9-10-16-40(37)46-44(38)43)45(34-21-17-32(18-22-34)30-11-5-3-6-12-30)35-23-19-33(20-24-35)31-13-7-4-8-14-31/h3-29H,1-2H3. The highest BCUT2D eigenvalue weighted by Gasteiger charge is 2.40. The minimum absolute atomic E-state index is 0.943. The molecule has 0 fully saturated rings. The Bertz CT molecular complexity index is 2320. The van der Waals surface area contributed by atoms with Crippen molar-refractivity contribution in [2.45, 2.75) is 13.1 Å². The highest BCUT2D eigenvalue weighted by molar-refractivity contribution is 7.04. The maximum Gasteiger partial charge on any atom is 0.143 e. The van der Waals surface area contributed by atoms with E-state index in [9.17, 15) is 0 Å². The Morgan fingerprint density at radius 2 is 0.957 bits per heavy atom. The molecule has 47 heavy (non-hydrogen) atoms. The third-order valence-corrected chi connectivity index (χ3v) is 13.4. The van der Waals surface area contributed by atoms with Gasteiger partial charge in [-0.1, -0.05) is 134 Å². The van der Waals surface area contributed by atoms with Gasteiger partial charge in [-0.25, -0.2) is 0 Å². The summed E-state index contributed by atoms with van der Waals surface area (Å²) < 4.78 is 6.63. The van der Waals surface area contributed by atoms with E-state index in [1.165, 1.54) is 54.5 Å². The Balaban J connectivity index is 1.22. The van der Waals surface area contributed by atoms with Gasteiger partial charge in [0.15, 0.2) is 0 Å².